The highest BCUT2D eigenvalue weighted by molar-refractivity contribution is 5.23. The third-order valence-corrected chi connectivity index (χ3v) is 4.11. The SMILES string of the molecule is CN1CCC(NCC(C)(C)c2ccccc2)CC1. The van der Waals surface area contributed by atoms with Crippen LogP contribution in [0.3, 0.4) is 0 Å². The molecule has 2 rings (SSSR count). The second-order valence-corrected chi connectivity index (χ2v) is 6.21. The predicted octanol–water partition coefficient (Wildman–Crippen LogP) is 2.65. The molecular formula is C16H26N2. The number of hydrogen-bond acceptors (Lipinski definition) is 2. The maximum atomic E-state index is 3.75. The first kappa shape index (κ1) is 13.6. The molecule has 2 nitrogen and oxygen atoms in total. The summed E-state index contributed by atoms with van der Waals surface area (Å²) in [6.07, 6.45) is 2.56. The first-order chi connectivity index (χ1) is 8.58. The van der Waals surface area contributed by atoms with Crippen LogP contribution in [0, 0.1) is 0 Å². The van der Waals surface area contributed by atoms with Gasteiger partial charge in [-0.2, -0.15) is 0 Å². The van der Waals surface area contributed by atoms with Crippen molar-refractivity contribution in [3.63, 3.8) is 0 Å². The molecule has 1 aliphatic heterocycles. The normalized spacial score (nSPS) is 19.1. The van der Waals surface area contributed by atoms with E-state index in [4.69, 9.17) is 0 Å². The molecule has 18 heavy (non-hydrogen) atoms. The Morgan fingerprint density at radius 1 is 1.17 bits per heavy atom. The Labute approximate surface area is 111 Å². The minimum atomic E-state index is 0.213. The van der Waals surface area contributed by atoms with E-state index in [1.165, 1.54) is 31.5 Å². The molecule has 0 aromatic heterocycles. The molecule has 100 valence electrons. The molecule has 0 atom stereocenters. The topological polar surface area (TPSA) is 15.3 Å². The number of benzene rings is 1. The zero-order valence-corrected chi connectivity index (χ0v) is 11.9. The van der Waals surface area contributed by atoms with Gasteiger partial charge in [-0.05, 0) is 38.5 Å². The van der Waals surface area contributed by atoms with Crippen LogP contribution in [0.25, 0.3) is 0 Å². The zero-order chi connectivity index (χ0) is 13.0. The standard InChI is InChI=1S/C16H26N2/c1-16(2,14-7-5-4-6-8-14)13-17-15-9-11-18(3)12-10-15/h4-8,15,17H,9-13H2,1-3H3. The summed E-state index contributed by atoms with van der Waals surface area (Å²) < 4.78 is 0. The largest absolute Gasteiger partial charge is 0.313 e. The van der Waals surface area contributed by atoms with E-state index in [9.17, 15) is 0 Å². The zero-order valence-electron chi connectivity index (χ0n) is 11.9. The van der Waals surface area contributed by atoms with Gasteiger partial charge in [-0.25, -0.2) is 0 Å². The summed E-state index contributed by atoms with van der Waals surface area (Å²) in [7, 11) is 2.21. The summed E-state index contributed by atoms with van der Waals surface area (Å²) in [6, 6.07) is 11.5. The molecule has 2 heteroatoms. The van der Waals surface area contributed by atoms with Gasteiger partial charge >= 0.3 is 0 Å². The summed E-state index contributed by atoms with van der Waals surface area (Å²) >= 11 is 0. The van der Waals surface area contributed by atoms with Crippen LogP contribution in [0.4, 0.5) is 0 Å². The van der Waals surface area contributed by atoms with Gasteiger partial charge in [0.25, 0.3) is 0 Å². The molecule has 0 unspecified atom stereocenters. The average molecular weight is 246 g/mol. The Morgan fingerprint density at radius 2 is 1.78 bits per heavy atom. The van der Waals surface area contributed by atoms with E-state index < -0.39 is 0 Å². The number of nitrogens with one attached hydrogen (secondary N) is 1. The van der Waals surface area contributed by atoms with Crippen LogP contribution in [0.15, 0.2) is 30.3 Å². The van der Waals surface area contributed by atoms with Crippen molar-refractivity contribution in [3.05, 3.63) is 35.9 Å². The lowest BCUT2D eigenvalue weighted by atomic mass is 9.84. The fourth-order valence-corrected chi connectivity index (χ4v) is 2.60. The summed E-state index contributed by atoms with van der Waals surface area (Å²) in [5.74, 6) is 0. The van der Waals surface area contributed by atoms with Crippen molar-refractivity contribution in [3.8, 4) is 0 Å². The summed E-state index contributed by atoms with van der Waals surface area (Å²) in [5, 5.41) is 3.75. The number of nitrogens with zero attached hydrogens (tertiary/aromatic N) is 1. The number of likely N-dealkylation sites (tertiary alicyclic amines) is 1. The minimum absolute atomic E-state index is 0.213. The van der Waals surface area contributed by atoms with E-state index in [1.807, 2.05) is 0 Å². The highest BCUT2D eigenvalue weighted by Crippen LogP contribution is 2.22. The molecule has 1 heterocycles. The van der Waals surface area contributed by atoms with Gasteiger partial charge in [0, 0.05) is 18.0 Å². The van der Waals surface area contributed by atoms with Crippen molar-refractivity contribution < 1.29 is 0 Å². The smallest absolute Gasteiger partial charge is 0.00917 e. The first-order valence-corrected chi connectivity index (χ1v) is 7.05. The molecule has 1 fully saturated rings. The van der Waals surface area contributed by atoms with Gasteiger partial charge in [0.2, 0.25) is 0 Å². The Balaban J connectivity index is 1.86. The molecule has 0 spiro atoms. The molecular weight excluding hydrogens is 220 g/mol. The van der Waals surface area contributed by atoms with E-state index in [0.717, 1.165) is 6.54 Å². The van der Waals surface area contributed by atoms with Gasteiger partial charge < -0.3 is 10.2 Å². The van der Waals surface area contributed by atoms with Crippen molar-refractivity contribution in [2.45, 2.75) is 38.1 Å². The lowest BCUT2D eigenvalue weighted by Crippen LogP contribution is -2.45. The van der Waals surface area contributed by atoms with E-state index in [2.05, 4.69) is 61.4 Å². The van der Waals surface area contributed by atoms with E-state index in [-0.39, 0.29) is 5.41 Å². The average Bonchev–Trinajstić information content (AvgIpc) is 2.39. The maximum Gasteiger partial charge on any atom is 0.00917 e. The molecule has 1 saturated heterocycles. The fourth-order valence-electron chi connectivity index (χ4n) is 2.60. The lowest BCUT2D eigenvalue weighted by molar-refractivity contribution is 0.228. The van der Waals surface area contributed by atoms with Gasteiger partial charge in [0.05, 0.1) is 0 Å². The highest BCUT2D eigenvalue weighted by Gasteiger charge is 2.23. The highest BCUT2D eigenvalue weighted by atomic mass is 15.1. The van der Waals surface area contributed by atoms with Crippen LogP contribution < -0.4 is 5.32 Å². The quantitative estimate of drug-likeness (QED) is 0.878. The van der Waals surface area contributed by atoms with Crippen molar-refractivity contribution in [1.82, 2.24) is 10.2 Å². The van der Waals surface area contributed by atoms with E-state index in [1.54, 1.807) is 0 Å². The van der Waals surface area contributed by atoms with Crippen LogP contribution in [-0.4, -0.2) is 37.6 Å². The van der Waals surface area contributed by atoms with Crippen LogP contribution >= 0.6 is 0 Å². The van der Waals surface area contributed by atoms with Crippen LogP contribution in [-0.2, 0) is 5.41 Å². The number of piperidine rings is 1. The number of rotatable bonds is 4. The molecule has 0 radical (unpaired) electrons. The lowest BCUT2D eigenvalue weighted by Gasteiger charge is -2.33. The van der Waals surface area contributed by atoms with Crippen LogP contribution in [0.1, 0.15) is 32.3 Å². The van der Waals surface area contributed by atoms with Crippen molar-refractivity contribution >= 4 is 0 Å². The second kappa shape index (κ2) is 5.85. The maximum absolute atomic E-state index is 3.75. The Bertz CT molecular complexity index is 351. The molecule has 0 bridgehead atoms. The Morgan fingerprint density at radius 3 is 2.39 bits per heavy atom. The molecule has 1 aromatic carbocycles. The summed E-state index contributed by atoms with van der Waals surface area (Å²) in [5.41, 5.74) is 1.63. The second-order valence-electron chi connectivity index (χ2n) is 6.21. The minimum Gasteiger partial charge on any atom is -0.313 e. The van der Waals surface area contributed by atoms with Gasteiger partial charge in [0.15, 0.2) is 0 Å². The monoisotopic (exact) mass is 246 g/mol. The third-order valence-electron chi connectivity index (χ3n) is 4.11. The molecule has 0 saturated carbocycles. The van der Waals surface area contributed by atoms with E-state index in [0.29, 0.717) is 6.04 Å². The van der Waals surface area contributed by atoms with Gasteiger partial charge in [-0.15, -0.1) is 0 Å². The van der Waals surface area contributed by atoms with Crippen molar-refractivity contribution in [2.24, 2.45) is 0 Å². The number of hydrogen-bond donors (Lipinski definition) is 1. The van der Waals surface area contributed by atoms with Crippen molar-refractivity contribution in [1.29, 1.82) is 0 Å². The molecule has 1 N–H and O–H groups in total. The Kier molecular flexibility index (Phi) is 4.41. The summed E-state index contributed by atoms with van der Waals surface area (Å²) in [4.78, 5) is 2.42. The predicted molar refractivity (Wildman–Crippen MR) is 78.0 cm³/mol. The van der Waals surface area contributed by atoms with Gasteiger partial charge in [-0.3, -0.25) is 0 Å². The molecule has 1 aliphatic rings. The van der Waals surface area contributed by atoms with Crippen LogP contribution in [0.5, 0.6) is 0 Å². The molecule has 1 aromatic rings. The van der Waals surface area contributed by atoms with Crippen molar-refractivity contribution in [2.75, 3.05) is 26.7 Å². The van der Waals surface area contributed by atoms with Gasteiger partial charge in [-0.1, -0.05) is 44.2 Å². The third kappa shape index (κ3) is 3.56. The van der Waals surface area contributed by atoms with E-state index >= 15 is 0 Å². The van der Waals surface area contributed by atoms with Gasteiger partial charge in [0.1, 0.15) is 0 Å². The molecule has 0 amide bonds. The fraction of sp³-hybridized carbons (Fsp3) is 0.625. The summed E-state index contributed by atoms with van der Waals surface area (Å²) in [6.45, 7) is 8.16. The first-order valence-electron chi connectivity index (χ1n) is 7.05. The Hall–Kier alpha value is -0.860. The van der Waals surface area contributed by atoms with Crippen LogP contribution in [0.2, 0.25) is 0 Å². The molecule has 0 aliphatic carbocycles.